The average Bonchev–Trinajstić information content (AvgIpc) is 3.34. The fourth-order valence-electron chi connectivity index (χ4n) is 2.96. The van der Waals surface area contributed by atoms with E-state index >= 15 is 0 Å². The molecule has 4 aromatic rings. The molecule has 0 spiro atoms. The van der Waals surface area contributed by atoms with Gasteiger partial charge in [0.05, 0.1) is 11.6 Å². The highest BCUT2D eigenvalue weighted by Crippen LogP contribution is 2.33. The van der Waals surface area contributed by atoms with E-state index in [9.17, 15) is 4.79 Å². The van der Waals surface area contributed by atoms with Crippen LogP contribution in [0.5, 0.6) is 0 Å². The molecule has 0 unspecified atom stereocenters. The minimum absolute atomic E-state index is 0.0180. The minimum atomic E-state index is -0.0736. The normalized spacial score (nSPS) is 14.0. The third-order valence-corrected chi connectivity index (χ3v) is 6.02. The number of aromatic nitrogens is 2. The fraction of sp³-hybridized carbons (Fsp3) is 0.222. The van der Waals surface area contributed by atoms with Gasteiger partial charge < -0.3 is 14.7 Å². The lowest BCUT2D eigenvalue weighted by Gasteiger charge is -2.14. The standard InChI is InChI=1S/C18H17N3O2S2/c1-10(13-5-3-7-23-13)19-11(2)16-20-17(22)15-12(9-25-18(15)21-16)14-6-4-8-24-14/h3-11,19H,1-2H3,(H,20,21,22)/p+1/t10-,11-/m0/s1. The number of rotatable bonds is 5. The maximum Gasteiger partial charge on any atom is 0.260 e. The van der Waals surface area contributed by atoms with Crippen molar-refractivity contribution in [2.75, 3.05) is 0 Å². The Labute approximate surface area is 152 Å². The number of aromatic amines is 1. The van der Waals surface area contributed by atoms with Crippen LogP contribution in [0, 0.1) is 0 Å². The van der Waals surface area contributed by atoms with Crippen molar-refractivity contribution in [3.8, 4) is 10.4 Å². The first kappa shape index (κ1) is 16.3. The summed E-state index contributed by atoms with van der Waals surface area (Å²) in [5, 5.41) is 6.85. The number of hydrogen-bond acceptors (Lipinski definition) is 5. The van der Waals surface area contributed by atoms with Gasteiger partial charge in [-0.3, -0.25) is 4.79 Å². The first-order valence-corrected chi connectivity index (χ1v) is 9.83. The highest BCUT2D eigenvalue weighted by Gasteiger charge is 2.21. The summed E-state index contributed by atoms with van der Waals surface area (Å²) in [4.78, 5) is 22.2. The lowest BCUT2D eigenvalue weighted by atomic mass is 10.2. The molecule has 0 aliphatic rings. The highest BCUT2D eigenvalue weighted by atomic mass is 32.1. The summed E-state index contributed by atoms with van der Waals surface area (Å²) in [6.07, 6.45) is 1.67. The van der Waals surface area contributed by atoms with Gasteiger partial charge in [0.1, 0.15) is 16.9 Å². The molecule has 0 fully saturated rings. The van der Waals surface area contributed by atoms with E-state index in [1.165, 1.54) is 11.3 Å². The Kier molecular flexibility index (Phi) is 4.29. The van der Waals surface area contributed by atoms with Crippen molar-refractivity contribution >= 4 is 32.9 Å². The highest BCUT2D eigenvalue weighted by molar-refractivity contribution is 7.18. The second-order valence-electron chi connectivity index (χ2n) is 6.04. The zero-order chi connectivity index (χ0) is 17.4. The molecule has 0 aliphatic heterocycles. The van der Waals surface area contributed by atoms with Crippen LogP contribution in [0.1, 0.15) is 37.5 Å². The van der Waals surface area contributed by atoms with Crippen LogP contribution in [0.2, 0.25) is 0 Å². The van der Waals surface area contributed by atoms with Crippen LogP contribution < -0.4 is 10.9 Å². The van der Waals surface area contributed by atoms with Crippen molar-refractivity contribution in [3.63, 3.8) is 0 Å². The predicted molar refractivity (Wildman–Crippen MR) is 101 cm³/mol. The van der Waals surface area contributed by atoms with E-state index in [1.54, 1.807) is 17.6 Å². The average molecular weight is 372 g/mol. The smallest absolute Gasteiger partial charge is 0.260 e. The molecule has 7 heteroatoms. The number of fused-ring (bicyclic) bond motifs is 1. The first-order valence-electron chi connectivity index (χ1n) is 8.07. The van der Waals surface area contributed by atoms with Crippen LogP contribution >= 0.6 is 22.7 Å². The van der Waals surface area contributed by atoms with Gasteiger partial charge >= 0.3 is 0 Å². The van der Waals surface area contributed by atoms with Gasteiger partial charge in [-0.15, -0.1) is 22.7 Å². The first-order chi connectivity index (χ1) is 12.1. The maximum atomic E-state index is 12.7. The molecule has 0 aromatic carbocycles. The van der Waals surface area contributed by atoms with Crippen molar-refractivity contribution in [3.05, 3.63) is 63.2 Å². The third-order valence-electron chi connectivity index (χ3n) is 4.25. The van der Waals surface area contributed by atoms with Gasteiger partial charge in [0, 0.05) is 15.8 Å². The third kappa shape index (κ3) is 3.06. The van der Waals surface area contributed by atoms with Gasteiger partial charge in [0.15, 0.2) is 11.6 Å². The number of H-pyrrole nitrogens is 1. The van der Waals surface area contributed by atoms with Crippen LogP contribution in [-0.4, -0.2) is 9.97 Å². The van der Waals surface area contributed by atoms with Crippen LogP contribution in [0.15, 0.2) is 50.5 Å². The molecule has 0 saturated carbocycles. The zero-order valence-electron chi connectivity index (χ0n) is 13.9. The number of nitrogens with two attached hydrogens (primary N) is 1. The van der Waals surface area contributed by atoms with Gasteiger partial charge in [-0.1, -0.05) is 6.07 Å². The molecule has 5 nitrogen and oxygen atoms in total. The molecule has 0 radical (unpaired) electrons. The van der Waals surface area contributed by atoms with Gasteiger partial charge in [0.25, 0.3) is 5.56 Å². The number of nitrogens with zero attached hydrogens (tertiary/aromatic N) is 1. The Morgan fingerprint density at radius 1 is 1.20 bits per heavy atom. The molecule has 0 saturated heterocycles. The summed E-state index contributed by atoms with van der Waals surface area (Å²) in [6.45, 7) is 4.11. The maximum absolute atomic E-state index is 12.7. The van der Waals surface area contributed by atoms with E-state index < -0.39 is 0 Å². The van der Waals surface area contributed by atoms with Crippen molar-refractivity contribution < 1.29 is 9.73 Å². The molecule has 2 atom stereocenters. The van der Waals surface area contributed by atoms with Crippen molar-refractivity contribution in [2.24, 2.45) is 0 Å². The van der Waals surface area contributed by atoms with Crippen LogP contribution in [-0.2, 0) is 0 Å². The Balaban J connectivity index is 1.66. The molecular weight excluding hydrogens is 354 g/mol. The van der Waals surface area contributed by atoms with Gasteiger partial charge in [-0.2, -0.15) is 0 Å². The summed E-state index contributed by atoms with van der Waals surface area (Å²) in [5.74, 6) is 1.60. The van der Waals surface area contributed by atoms with Crippen molar-refractivity contribution in [1.82, 2.24) is 9.97 Å². The number of furan rings is 1. The Morgan fingerprint density at radius 2 is 2.08 bits per heavy atom. The number of thiophene rings is 2. The predicted octanol–water partition coefficient (Wildman–Crippen LogP) is 3.69. The summed E-state index contributed by atoms with van der Waals surface area (Å²) < 4.78 is 5.45. The van der Waals surface area contributed by atoms with E-state index in [0.717, 1.165) is 21.0 Å². The number of quaternary nitrogens is 1. The Bertz CT molecular complexity index is 1030. The summed E-state index contributed by atoms with van der Waals surface area (Å²) in [6, 6.07) is 8.03. The van der Waals surface area contributed by atoms with Crippen molar-refractivity contribution in [2.45, 2.75) is 25.9 Å². The van der Waals surface area contributed by atoms with E-state index in [0.29, 0.717) is 11.2 Å². The van der Waals surface area contributed by atoms with Gasteiger partial charge in [-0.25, -0.2) is 4.98 Å². The molecule has 0 amide bonds. The summed E-state index contributed by atoms with van der Waals surface area (Å²) in [7, 11) is 0. The van der Waals surface area contributed by atoms with Crippen LogP contribution in [0.25, 0.3) is 20.7 Å². The second kappa shape index (κ2) is 6.59. The molecule has 25 heavy (non-hydrogen) atoms. The lowest BCUT2D eigenvalue weighted by molar-refractivity contribution is -0.731. The molecular formula is C18H18N3O2S2+. The van der Waals surface area contributed by atoms with Crippen molar-refractivity contribution in [1.29, 1.82) is 0 Å². The number of hydrogen-bond donors (Lipinski definition) is 2. The minimum Gasteiger partial charge on any atom is -0.463 e. The Morgan fingerprint density at radius 3 is 2.80 bits per heavy atom. The van der Waals surface area contributed by atoms with Gasteiger partial charge in [-0.05, 0) is 37.4 Å². The quantitative estimate of drug-likeness (QED) is 0.561. The van der Waals surface area contributed by atoms with Crippen LogP contribution in [0.3, 0.4) is 0 Å². The summed E-state index contributed by atoms with van der Waals surface area (Å²) >= 11 is 3.15. The SMILES string of the molecule is C[C@H]([NH2+][C@@H](C)c1ccco1)c1nc2scc(-c3cccs3)c2c(=O)[nH]1. The lowest BCUT2D eigenvalue weighted by Crippen LogP contribution is -2.85. The van der Waals surface area contributed by atoms with E-state index in [-0.39, 0.29) is 17.6 Å². The van der Waals surface area contributed by atoms with E-state index in [4.69, 9.17) is 9.40 Å². The van der Waals surface area contributed by atoms with Crippen LogP contribution in [0.4, 0.5) is 0 Å². The topological polar surface area (TPSA) is 75.5 Å². The molecule has 128 valence electrons. The largest absolute Gasteiger partial charge is 0.463 e. The van der Waals surface area contributed by atoms with E-state index in [1.807, 2.05) is 41.9 Å². The Hall–Kier alpha value is -2.22. The molecule has 4 rings (SSSR count). The monoisotopic (exact) mass is 372 g/mol. The zero-order valence-corrected chi connectivity index (χ0v) is 15.5. The van der Waals surface area contributed by atoms with Gasteiger partial charge in [0.2, 0.25) is 0 Å². The second-order valence-corrected chi connectivity index (χ2v) is 7.85. The molecule has 4 heterocycles. The molecule has 0 bridgehead atoms. The summed E-state index contributed by atoms with van der Waals surface area (Å²) in [5.41, 5.74) is 0.895. The van der Waals surface area contributed by atoms with E-state index in [2.05, 4.69) is 17.2 Å². The molecule has 3 N–H and O–H groups in total. The number of nitrogens with one attached hydrogen (secondary N) is 1. The molecule has 4 aromatic heterocycles. The fourth-order valence-corrected chi connectivity index (χ4v) is 4.73. The molecule has 0 aliphatic carbocycles.